The second-order valence-corrected chi connectivity index (χ2v) is 10.4. The number of nitrogens with zero attached hydrogens (tertiary/aromatic N) is 2. The Morgan fingerprint density at radius 3 is 2.48 bits per heavy atom. The largest absolute Gasteiger partial charge is 0.325 e. The zero-order chi connectivity index (χ0) is 22.6. The molecule has 1 amide bonds. The second-order valence-electron chi connectivity index (χ2n) is 7.33. The van der Waals surface area contributed by atoms with Crippen LogP contribution in [0.5, 0.6) is 0 Å². The van der Waals surface area contributed by atoms with Crippen molar-refractivity contribution < 1.29 is 13.2 Å². The van der Waals surface area contributed by atoms with Crippen LogP contribution in [-0.4, -0.2) is 35.2 Å². The molecule has 1 atom stereocenters. The van der Waals surface area contributed by atoms with Crippen molar-refractivity contribution in [2.75, 3.05) is 5.32 Å². The van der Waals surface area contributed by atoms with Crippen LogP contribution in [0.4, 0.5) is 5.69 Å². The van der Waals surface area contributed by atoms with Gasteiger partial charge in [0, 0.05) is 18.3 Å². The summed E-state index contributed by atoms with van der Waals surface area (Å²) in [6.45, 7) is 9.73. The molecule has 0 saturated carbocycles. The number of rotatable bonds is 9. The Kier molecular flexibility index (Phi) is 7.19. The van der Waals surface area contributed by atoms with Gasteiger partial charge in [0.25, 0.3) is 0 Å². The number of fused-ring (bicyclic) bond motifs is 1. The van der Waals surface area contributed by atoms with Gasteiger partial charge in [0.1, 0.15) is 0 Å². The molecule has 0 bridgehead atoms. The molecule has 0 radical (unpaired) electrons. The summed E-state index contributed by atoms with van der Waals surface area (Å²) >= 11 is 1.36. The van der Waals surface area contributed by atoms with Crippen LogP contribution in [-0.2, 0) is 21.4 Å². The maximum absolute atomic E-state index is 12.7. The van der Waals surface area contributed by atoms with Crippen LogP contribution in [0.2, 0.25) is 0 Å². The number of allylic oxidation sites excluding steroid dienone is 1. The van der Waals surface area contributed by atoms with Crippen LogP contribution >= 0.6 is 11.8 Å². The lowest BCUT2D eigenvalue weighted by molar-refractivity contribution is -0.115. The van der Waals surface area contributed by atoms with Crippen molar-refractivity contribution in [3.8, 4) is 0 Å². The maximum Gasteiger partial charge on any atom is 0.240 e. The molecule has 2 aromatic carbocycles. The average molecular weight is 459 g/mol. The van der Waals surface area contributed by atoms with Crippen molar-refractivity contribution in [3.05, 3.63) is 61.2 Å². The number of para-hydroxylation sites is 2. The highest BCUT2D eigenvalue weighted by Crippen LogP contribution is 2.28. The molecule has 9 heteroatoms. The minimum absolute atomic E-state index is 0.153. The Labute approximate surface area is 187 Å². The summed E-state index contributed by atoms with van der Waals surface area (Å²) in [6.07, 6.45) is 1.80. The highest BCUT2D eigenvalue weighted by molar-refractivity contribution is 8.00. The van der Waals surface area contributed by atoms with Gasteiger partial charge < -0.3 is 9.88 Å². The van der Waals surface area contributed by atoms with Crippen molar-refractivity contribution in [2.45, 2.75) is 48.7 Å². The highest BCUT2D eigenvalue weighted by atomic mass is 32.2. The SMILES string of the molecule is C=CCn1c(S[C@@H](C)C(=O)Nc2ccc(S(=O)(=O)NC(C)C)cc2)nc2ccccc21. The molecule has 1 aromatic heterocycles. The topological polar surface area (TPSA) is 93.1 Å². The average Bonchev–Trinajstić information content (AvgIpc) is 3.05. The molecule has 0 aliphatic rings. The Hall–Kier alpha value is -2.62. The third-order valence-corrected chi connectivity index (χ3v) is 7.17. The number of benzene rings is 2. The number of imidazole rings is 1. The number of hydrogen-bond donors (Lipinski definition) is 2. The first-order valence-electron chi connectivity index (χ1n) is 9.87. The van der Waals surface area contributed by atoms with Crippen LogP contribution in [0.1, 0.15) is 20.8 Å². The normalized spacial score (nSPS) is 12.8. The molecule has 3 aromatic rings. The predicted octanol–water partition coefficient (Wildman–Crippen LogP) is 4.03. The zero-order valence-electron chi connectivity index (χ0n) is 17.7. The molecule has 2 N–H and O–H groups in total. The van der Waals surface area contributed by atoms with Crippen molar-refractivity contribution in [1.29, 1.82) is 0 Å². The molecule has 1 heterocycles. The number of amides is 1. The first-order chi connectivity index (χ1) is 14.7. The van der Waals surface area contributed by atoms with Crippen LogP contribution in [0.25, 0.3) is 11.0 Å². The van der Waals surface area contributed by atoms with Gasteiger partial charge >= 0.3 is 0 Å². The molecule has 164 valence electrons. The van der Waals surface area contributed by atoms with Gasteiger partial charge in [-0.25, -0.2) is 18.1 Å². The van der Waals surface area contributed by atoms with Gasteiger partial charge in [0.2, 0.25) is 15.9 Å². The molecule has 0 spiro atoms. The summed E-state index contributed by atoms with van der Waals surface area (Å²) in [7, 11) is -3.57. The third-order valence-electron chi connectivity index (χ3n) is 4.41. The second kappa shape index (κ2) is 9.67. The molecule has 0 aliphatic carbocycles. The number of nitrogens with one attached hydrogen (secondary N) is 2. The molecule has 0 unspecified atom stereocenters. The van der Waals surface area contributed by atoms with Gasteiger partial charge in [-0.05, 0) is 57.2 Å². The van der Waals surface area contributed by atoms with Gasteiger partial charge in [-0.15, -0.1) is 6.58 Å². The molecule has 0 saturated heterocycles. The van der Waals surface area contributed by atoms with E-state index in [-0.39, 0.29) is 16.8 Å². The lowest BCUT2D eigenvalue weighted by Crippen LogP contribution is -2.30. The van der Waals surface area contributed by atoms with Crippen LogP contribution in [0, 0.1) is 0 Å². The van der Waals surface area contributed by atoms with Gasteiger partial charge in [0.05, 0.1) is 21.2 Å². The molecule has 0 fully saturated rings. The Morgan fingerprint density at radius 2 is 1.84 bits per heavy atom. The number of sulfonamides is 1. The van der Waals surface area contributed by atoms with Crippen molar-refractivity contribution in [2.24, 2.45) is 0 Å². The summed E-state index contributed by atoms with van der Waals surface area (Å²) < 4.78 is 29.0. The van der Waals surface area contributed by atoms with E-state index in [1.807, 2.05) is 35.8 Å². The fraction of sp³-hybridized carbons (Fsp3) is 0.273. The quantitative estimate of drug-likeness (QED) is 0.373. The standard InChI is InChI=1S/C22H26N4O3S2/c1-5-14-26-20-9-7-6-8-19(20)24-22(26)30-16(4)21(27)23-17-10-12-18(13-11-17)31(28,29)25-15(2)3/h5-13,15-16,25H,1,14H2,2-4H3,(H,23,27)/t16-/m0/s1. The fourth-order valence-electron chi connectivity index (χ4n) is 3.00. The fourth-order valence-corrected chi connectivity index (χ4v) is 5.18. The summed E-state index contributed by atoms with van der Waals surface area (Å²) in [5, 5.41) is 3.16. The Morgan fingerprint density at radius 1 is 1.16 bits per heavy atom. The van der Waals surface area contributed by atoms with Crippen LogP contribution in [0.15, 0.2) is 71.2 Å². The van der Waals surface area contributed by atoms with Gasteiger partial charge in [-0.3, -0.25) is 4.79 Å². The highest BCUT2D eigenvalue weighted by Gasteiger charge is 2.20. The number of thioether (sulfide) groups is 1. The molecule has 3 rings (SSSR count). The summed E-state index contributed by atoms with van der Waals surface area (Å²) in [4.78, 5) is 17.5. The number of carbonyl (C=O) groups is 1. The van der Waals surface area contributed by atoms with E-state index in [1.54, 1.807) is 32.1 Å². The van der Waals surface area contributed by atoms with E-state index in [9.17, 15) is 13.2 Å². The molecule has 31 heavy (non-hydrogen) atoms. The minimum Gasteiger partial charge on any atom is -0.325 e. The molecule has 7 nitrogen and oxygen atoms in total. The smallest absolute Gasteiger partial charge is 0.240 e. The lowest BCUT2D eigenvalue weighted by atomic mass is 10.3. The number of aromatic nitrogens is 2. The summed E-state index contributed by atoms with van der Waals surface area (Å²) in [5.41, 5.74) is 2.39. The van der Waals surface area contributed by atoms with E-state index in [1.165, 1.54) is 23.9 Å². The van der Waals surface area contributed by atoms with E-state index >= 15 is 0 Å². The number of carbonyl (C=O) groups excluding carboxylic acids is 1. The summed E-state index contributed by atoms with van der Waals surface area (Å²) in [6, 6.07) is 13.7. The van der Waals surface area contributed by atoms with Crippen molar-refractivity contribution >= 4 is 44.4 Å². The van der Waals surface area contributed by atoms with Crippen molar-refractivity contribution in [1.82, 2.24) is 14.3 Å². The minimum atomic E-state index is -3.57. The van der Waals surface area contributed by atoms with Gasteiger partial charge in [-0.1, -0.05) is 30.0 Å². The number of anilines is 1. The Balaban J connectivity index is 1.71. The Bertz CT molecular complexity index is 1190. The van der Waals surface area contributed by atoms with E-state index in [4.69, 9.17) is 0 Å². The first-order valence-corrected chi connectivity index (χ1v) is 12.2. The van der Waals surface area contributed by atoms with E-state index in [0.717, 1.165) is 16.2 Å². The molecule has 0 aliphatic heterocycles. The van der Waals surface area contributed by atoms with Crippen LogP contribution in [0.3, 0.4) is 0 Å². The third kappa shape index (κ3) is 5.55. The van der Waals surface area contributed by atoms with Crippen LogP contribution < -0.4 is 10.0 Å². The lowest BCUT2D eigenvalue weighted by Gasteiger charge is -2.13. The van der Waals surface area contributed by atoms with Gasteiger partial charge in [-0.2, -0.15) is 0 Å². The van der Waals surface area contributed by atoms with E-state index in [0.29, 0.717) is 12.2 Å². The zero-order valence-corrected chi connectivity index (χ0v) is 19.3. The summed E-state index contributed by atoms with van der Waals surface area (Å²) in [5.74, 6) is -0.196. The van der Waals surface area contributed by atoms with E-state index < -0.39 is 15.3 Å². The molecular weight excluding hydrogens is 432 g/mol. The van der Waals surface area contributed by atoms with E-state index in [2.05, 4.69) is 21.6 Å². The molecular formula is C22H26N4O3S2. The predicted molar refractivity (Wildman–Crippen MR) is 126 cm³/mol. The monoisotopic (exact) mass is 458 g/mol. The van der Waals surface area contributed by atoms with Gasteiger partial charge in [0.15, 0.2) is 5.16 Å². The first kappa shape index (κ1) is 23.1. The maximum atomic E-state index is 12.7. The number of hydrogen-bond acceptors (Lipinski definition) is 5. The van der Waals surface area contributed by atoms with Crippen molar-refractivity contribution in [3.63, 3.8) is 0 Å².